The molecular weight excluding hydrogens is 369 g/mol. The lowest BCUT2D eigenvalue weighted by Crippen LogP contribution is -2.20. The smallest absolute Gasteiger partial charge is 0.287 e. The van der Waals surface area contributed by atoms with Gasteiger partial charge in [0.05, 0.1) is 0 Å². The Balaban J connectivity index is 1.63. The topological polar surface area (TPSA) is 69.3 Å². The molecule has 0 aliphatic carbocycles. The lowest BCUT2D eigenvalue weighted by molar-refractivity contribution is -0.117. The van der Waals surface area contributed by atoms with Crippen molar-refractivity contribution in [1.82, 2.24) is 9.78 Å². The fourth-order valence-electron chi connectivity index (χ4n) is 2.41. The number of aromatic nitrogens is 2. The maximum absolute atomic E-state index is 13.3. The number of nitrogens with one attached hydrogen (secondary N) is 1. The van der Waals surface area contributed by atoms with Gasteiger partial charge in [0.1, 0.15) is 18.1 Å². The fourth-order valence-corrected chi connectivity index (χ4v) is 2.61. The Morgan fingerprint density at radius 3 is 2.89 bits per heavy atom. The van der Waals surface area contributed by atoms with Crippen LogP contribution >= 0.6 is 12.2 Å². The van der Waals surface area contributed by atoms with E-state index in [0.717, 1.165) is 11.1 Å². The van der Waals surface area contributed by atoms with Crippen molar-refractivity contribution in [2.45, 2.75) is 27.0 Å². The van der Waals surface area contributed by atoms with E-state index in [0.29, 0.717) is 11.4 Å². The Kier molecular flexibility index (Phi) is 5.66. The molecule has 1 amide bonds. The summed E-state index contributed by atoms with van der Waals surface area (Å²) in [7, 11) is 0. The van der Waals surface area contributed by atoms with E-state index in [4.69, 9.17) is 21.4 Å². The van der Waals surface area contributed by atoms with Gasteiger partial charge in [-0.15, -0.1) is 5.10 Å². The van der Waals surface area contributed by atoms with Crippen LogP contribution in [0.25, 0.3) is 0 Å². The van der Waals surface area contributed by atoms with Gasteiger partial charge in [0, 0.05) is 5.69 Å². The van der Waals surface area contributed by atoms with E-state index in [1.165, 1.54) is 16.8 Å². The Hall–Kier alpha value is -3.00. The number of carbonyl (C=O) groups excluding carboxylic acids is 1. The van der Waals surface area contributed by atoms with Crippen LogP contribution < -0.4 is 10.1 Å². The first-order chi connectivity index (χ1) is 12.9. The molecule has 0 saturated heterocycles. The number of amides is 1. The van der Waals surface area contributed by atoms with Crippen molar-refractivity contribution in [1.29, 1.82) is 0 Å². The minimum atomic E-state index is -0.426. The molecule has 0 fully saturated rings. The van der Waals surface area contributed by atoms with Crippen molar-refractivity contribution in [3.05, 3.63) is 70.1 Å². The number of halogens is 1. The molecule has 0 spiro atoms. The summed E-state index contributed by atoms with van der Waals surface area (Å²) in [6.45, 7) is 3.68. The zero-order chi connectivity index (χ0) is 19.4. The Labute approximate surface area is 160 Å². The monoisotopic (exact) mass is 387 g/mol. The van der Waals surface area contributed by atoms with Crippen LogP contribution in [0.2, 0.25) is 0 Å². The van der Waals surface area contributed by atoms with Crippen molar-refractivity contribution in [2.75, 3.05) is 5.32 Å². The maximum atomic E-state index is 13.3. The van der Waals surface area contributed by atoms with Crippen LogP contribution in [0.1, 0.15) is 17.0 Å². The highest BCUT2D eigenvalue weighted by Crippen LogP contribution is 2.16. The average molecular weight is 387 g/mol. The Morgan fingerprint density at radius 2 is 2.11 bits per heavy atom. The van der Waals surface area contributed by atoms with E-state index in [1.807, 2.05) is 31.2 Å². The highest BCUT2D eigenvalue weighted by molar-refractivity contribution is 7.71. The van der Waals surface area contributed by atoms with Gasteiger partial charge in [-0.05, 0) is 61.5 Å². The molecule has 0 atom stereocenters. The third-order valence-corrected chi connectivity index (χ3v) is 4.06. The normalized spacial score (nSPS) is 10.6. The van der Waals surface area contributed by atoms with Gasteiger partial charge in [-0.1, -0.05) is 18.2 Å². The SMILES string of the molecule is Cc1cccc(OCc2nn(CC(=O)Nc3cc(F)ccc3C)c(=S)o2)c1. The summed E-state index contributed by atoms with van der Waals surface area (Å²) >= 11 is 5.09. The molecule has 0 aliphatic heterocycles. The summed E-state index contributed by atoms with van der Waals surface area (Å²) in [6, 6.07) is 11.8. The molecule has 1 N–H and O–H groups in total. The predicted octanol–water partition coefficient (Wildman–Crippen LogP) is 4.18. The van der Waals surface area contributed by atoms with E-state index in [1.54, 1.807) is 13.0 Å². The Bertz CT molecular complexity index is 1030. The zero-order valence-electron chi connectivity index (χ0n) is 14.9. The van der Waals surface area contributed by atoms with Crippen LogP contribution in [-0.2, 0) is 17.9 Å². The van der Waals surface area contributed by atoms with E-state index in [2.05, 4.69) is 10.4 Å². The molecule has 27 heavy (non-hydrogen) atoms. The number of ether oxygens (including phenoxy) is 1. The van der Waals surface area contributed by atoms with Crippen LogP contribution in [0.15, 0.2) is 46.9 Å². The van der Waals surface area contributed by atoms with Crippen LogP contribution in [-0.4, -0.2) is 15.7 Å². The van der Waals surface area contributed by atoms with Gasteiger partial charge < -0.3 is 14.5 Å². The van der Waals surface area contributed by atoms with E-state index < -0.39 is 5.82 Å². The first-order valence-corrected chi connectivity index (χ1v) is 8.64. The Morgan fingerprint density at radius 1 is 1.30 bits per heavy atom. The number of hydrogen-bond donors (Lipinski definition) is 1. The third kappa shape index (κ3) is 5.01. The summed E-state index contributed by atoms with van der Waals surface area (Å²) in [4.78, 5) is 12.3. The molecule has 0 saturated carbocycles. The van der Waals surface area contributed by atoms with Crippen LogP contribution in [0.5, 0.6) is 5.75 Å². The highest BCUT2D eigenvalue weighted by Gasteiger charge is 2.12. The quantitative estimate of drug-likeness (QED) is 0.643. The lowest BCUT2D eigenvalue weighted by Gasteiger charge is -2.08. The first-order valence-electron chi connectivity index (χ1n) is 8.23. The molecule has 3 aromatic rings. The molecule has 0 bridgehead atoms. The van der Waals surface area contributed by atoms with Crippen molar-refractivity contribution >= 4 is 23.8 Å². The van der Waals surface area contributed by atoms with Crippen LogP contribution in [0, 0.1) is 24.5 Å². The molecule has 1 heterocycles. The van der Waals surface area contributed by atoms with Gasteiger partial charge in [-0.3, -0.25) is 4.79 Å². The second kappa shape index (κ2) is 8.13. The molecule has 2 aromatic carbocycles. The summed E-state index contributed by atoms with van der Waals surface area (Å²) in [5, 5.41) is 6.80. The van der Waals surface area contributed by atoms with E-state index in [-0.39, 0.29) is 29.8 Å². The van der Waals surface area contributed by atoms with E-state index in [9.17, 15) is 9.18 Å². The number of nitrogens with zero attached hydrogens (tertiary/aromatic N) is 2. The molecule has 0 aliphatic rings. The largest absolute Gasteiger partial charge is 0.484 e. The number of anilines is 1. The van der Waals surface area contributed by atoms with Crippen molar-refractivity contribution in [2.24, 2.45) is 0 Å². The molecule has 3 rings (SSSR count). The summed E-state index contributed by atoms with van der Waals surface area (Å²) in [6.07, 6.45) is 0. The fraction of sp³-hybridized carbons (Fsp3) is 0.211. The van der Waals surface area contributed by atoms with Crippen molar-refractivity contribution in [3.8, 4) is 5.75 Å². The average Bonchev–Trinajstić information content (AvgIpc) is 2.96. The predicted molar refractivity (Wildman–Crippen MR) is 101 cm³/mol. The molecule has 0 radical (unpaired) electrons. The molecular formula is C19H18FN3O3S. The summed E-state index contributed by atoms with van der Waals surface area (Å²) in [5.41, 5.74) is 2.22. The van der Waals surface area contributed by atoms with Crippen LogP contribution in [0.3, 0.4) is 0 Å². The van der Waals surface area contributed by atoms with Crippen molar-refractivity contribution < 1.29 is 18.3 Å². The number of hydrogen-bond acceptors (Lipinski definition) is 5. The van der Waals surface area contributed by atoms with Gasteiger partial charge in [0.2, 0.25) is 5.91 Å². The third-order valence-electron chi connectivity index (χ3n) is 3.77. The van der Waals surface area contributed by atoms with E-state index >= 15 is 0 Å². The van der Waals surface area contributed by atoms with Gasteiger partial charge in [0.15, 0.2) is 6.61 Å². The second-order valence-corrected chi connectivity index (χ2v) is 6.38. The summed E-state index contributed by atoms with van der Waals surface area (Å²) < 4.78 is 25.6. The van der Waals surface area contributed by atoms with Gasteiger partial charge in [-0.2, -0.15) is 0 Å². The number of aryl methyl sites for hydroxylation is 2. The molecule has 140 valence electrons. The molecule has 0 unspecified atom stereocenters. The second-order valence-electron chi connectivity index (χ2n) is 6.03. The van der Waals surface area contributed by atoms with Gasteiger partial charge in [-0.25, -0.2) is 9.07 Å². The van der Waals surface area contributed by atoms with Crippen molar-refractivity contribution in [3.63, 3.8) is 0 Å². The summed E-state index contributed by atoms with van der Waals surface area (Å²) in [5.74, 6) is 0.130. The minimum absolute atomic E-state index is 0.0592. The van der Waals surface area contributed by atoms with Gasteiger partial charge in [0.25, 0.3) is 10.7 Å². The number of benzene rings is 2. The molecule has 6 nitrogen and oxygen atoms in total. The number of carbonyl (C=O) groups is 1. The standard InChI is InChI=1S/C19H18FN3O3S/c1-12-4-3-5-15(8-12)25-11-18-22-23(19(27)26-18)10-17(24)21-16-9-14(20)7-6-13(16)2/h3-9H,10-11H2,1-2H3,(H,21,24). The maximum Gasteiger partial charge on any atom is 0.287 e. The minimum Gasteiger partial charge on any atom is -0.484 e. The van der Waals surface area contributed by atoms with Crippen LogP contribution in [0.4, 0.5) is 10.1 Å². The molecule has 1 aromatic heterocycles. The van der Waals surface area contributed by atoms with Gasteiger partial charge >= 0.3 is 0 Å². The zero-order valence-corrected chi connectivity index (χ0v) is 15.7. The first kappa shape index (κ1) is 18.8. The molecule has 8 heteroatoms. The lowest BCUT2D eigenvalue weighted by atomic mass is 10.2. The highest BCUT2D eigenvalue weighted by atomic mass is 32.1. The number of rotatable bonds is 6.